The molecule has 3 aromatic rings. The van der Waals surface area contributed by atoms with Crippen molar-refractivity contribution in [3.8, 4) is 5.75 Å². The fourth-order valence-corrected chi connectivity index (χ4v) is 3.26. The number of ketones is 2. The van der Waals surface area contributed by atoms with Crippen molar-refractivity contribution in [3.05, 3.63) is 99.5 Å². The van der Waals surface area contributed by atoms with Crippen molar-refractivity contribution in [1.29, 1.82) is 0 Å². The quantitative estimate of drug-likeness (QED) is 0.348. The van der Waals surface area contributed by atoms with Crippen LogP contribution in [0.4, 0.5) is 8.78 Å². The van der Waals surface area contributed by atoms with E-state index >= 15 is 0 Å². The van der Waals surface area contributed by atoms with Crippen molar-refractivity contribution in [2.75, 3.05) is 6.61 Å². The van der Waals surface area contributed by atoms with Gasteiger partial charge in [-0.05, 0) is 60.9 Å². The monoisotopic (exact) mass is 439 g/mol. The molecule has 0 aliphatic carbocycles. The van der Waals surface area contributed by atoms with Gasteiger partial charge in [0.1, 0.15) is 11.5 Å². The Morgan fingerprint density at radius 3 is 2.38 bits per heavy atom. The largest absolute Gasteiger partial charge is 0.494 e. The Hall–Kier alpha value is -3.61. The van der Waals surface area contributed by atoms with Crippen molar-refractivity contribution >= 4 is 11.6 Å². The Kier molecular flexibility index (Phi) is 7.65. The zero-order chi connectivity index (χ0) is 23.1. The van der Waals surface area contributed by atoms with E-state index < -0.39 is 17.2 Å². The third-order valence-electron chi connectivity index (χ3n) is 4.85. The van der Waals surface area contributed by atoms with Crippen LogP contribution in [-0.4, -0.2) is 22.7 Å². The molecule has 0 aliphatic heterocycles. The van der Waals surface area contributed by atoms with Crippen LogP contribution < -0.4 is 10.3 Å². The molecule has 0 bridgehead atoms. The predicted molar refractivity (Wildman–Crippen MR) is 116 cm³/mol. The standard InChI is InChI=1S/C25H23F2NO4/c1-17(29)14-18-6-9-20(10-7-18)32-13-3-5-24(30)21-4-2-12-28(25(21)31)16-19-8-11-22(26)23(27)15-19/h2,4,6-12,15H,3,5,13-14,16H2,1H3. The number of hydrogen-bond acceptors (Lipinski definition) is 4. The normalized spacial score (nSPS) is 10.7. The van der Waals surface area contributed by atoms with E-state index in [1.165, 1.54) is 29.8 Å². The van der Waals surface area contributed by atoms with Gasteiger partial charge in [-0.25, -0.2) is 8.78 Å². The van der Waals surface area contributed by atoms with Crippen LogP contribution in [0, 0.1) is 11.6 Å². The zero-order valence-corrected chi connectivity index (χ0v) is 17.6. The average Bonchev–Trinajstić information content (AvgIpc) is 2.76. The van der Waals surface area contributed by atoms with E-state index in [0.717, 1.165) is 17.7 Å². The lowest BCUT2D eigenvalue weighted by Crippen LogP contribution is -2.26. The van der Waals surface area contributed by atoms with Crippen molar-refractivity contribution in [3.63, 3.8) is 0 Å². The Morgan fingerprint density at radius 2 is 1.69 bits per heavy atom. The van der Waals surface area contributed by atoms with Crippen LogP contribution in [0.3, 0.4) is 0 Å². The SMILES string of the molecule is CC(=O)Cc1ccc(OCCCC(=O)c2cccn(Cc3ccc(F)c(F)c3)c2=O)cc1. The number of halogens is 2. The van der Waals surface area contributed by atoms with Gasteiger partial charge in [-0.2, -0.15) is 0 Å². The second-order valence-corrected chi connectivity index (χ2v) is 7.50. The molecular formula is C25H23F2NO4. The number of nitrogens with zero attached hydrogens (tertiary/aromatic N) is 1. The second-order valence-electron chi connectivity index (χ2n) is 7.50. The zero-order valence-electron chi connectivity index (χ0n) is 17.6. The second kappa shape index (κ2) is 10.6. The molecule has 0 spiro atoms. The lowest BCUT2D eigenvalue weighted by molar-refractivity contribution is -0.116. The van der Waals surface area contributed by atoms with Crippen molar-refractivity contribution < 1.29 is 23.1 Å². The Balaban J connectivity index is 1.55. The highest BCUT2D eigenvalue weighted by Crippen LogP contribution is 2.14. The van der Waals surface area contributed by atoms with E-state index in [-0.39, 0.29) is 30.1 Å². The highest BCUT2D eigenvalue weighted by Gasteiger charge is 2.13. The molecule has 32 heavy (non-hydrogen) atoms. The van der Waals surface area contributed by atoms with Crippen LogP contribution in [0.25, 0.3) is 0 Å². The lowest BCUT2D eigenvalue weighted by Gasteiger charge is -2.09. The molecule has 5 nitrogen and oxygen atoms in total. The van der Waals surface area contributed by atoms with E-state index in [0.29, 0.717) is 30.8 Å². The minimum absolute atomic E-state index is 0.0277. The highest BCUT2D eigenvalue weighted by molar-refractivity contribution is 5.95. The molecule has 7 heteroatoms. The molecule has 0 unspecified atom stereocenters. The summed E-state index contributed by atoms with van der Waals surface area (Å²) in [6.45, 7) is 1.86. The maximum Gasteiger partial charge on any atom is 0.261 e. The summed E-state index contributed by atoms with van der Waals surface area (Å²) in [5, 5.41) is 0. The smallest absolute Gasteiger partial charge is 0.261 e. The molecule has 0 saturated carbocycles. The fourth-order valence-electron chi connectivity index (χ4n) is 3.26. The first-order chi connectivity index (χ1) is 15.3. The van der Waals surface area contributed by atoms with Crippen LogP contribution in [0.15, 0.2) is 65.6 Å². The molecule has 166 valence electrons. The first-order valence-electron chi connectivity index (χ1n) is 10.2. The van der Waals surface area contributed by atoms with Crippen molar-refractivity contribution in [1.82, 2.24) is 4.57 Å². The van der Waals surface area contributed by atoms with Gasteiger partial charge in [0.25, 0.3) is 5.56 Å². The third-order valence-corrected chi connectivity index (χ3v) is 4.85. The van der Waals surface area contributed by atoms with Gasteiger partial charge >= 0.3 is 0 Å². The Morgan fingerprint density at radius 1 is 0.969 bits per heavy atom. The summed E-state index contributed by atoms with van der Waals surface area (Å²) in [5.74, 6) is -1.54. The molecule has 0 fully saturated rings. The van der Waals surface area contributed by atoms with Crippen molar-refractivity contribution in [2.45, 2.75) is 32.7 Å². The van der Waals surface area contributed by atoms with Gasteiger partial charge in [0.2, 0.25) is 0 Å². The van der Waals surface area contributed by atoms with Gasteiger partial charge in [-0.3, -0.25) is 14.4 Å². The minimum atomic E-state index is -0.990. The summed E-state index contributed by atoms with van der Waals surface area (Å²) >= 11 is 0. The van der Waals surface area contributed by atoms with Crippen molar-refractivity contribution in [2.24, 2.45) is 0 Å². The average molecular weight is 439 g/mol. The summed E-state index contributed by atoms with van der Waals surface area (Å²) in [6, 6.07) is 13.6. The van der Waals surface area contributed by atoms with E-state index in [1.807, 2.05) is 12.1 Å². The summed E-state index contributed by atoms with van der Waals surface area (Å²) in [7, 11) is 0. The number of carbonyl (C=O) groups excluding carboxylic acids is 2. The molecule has 0 aliphatic rings. The number of ether oxygens (including phenoxy) is 1. The van der Waals surface area contributed by atoms with Gasteiger partial charge in [-0.15, -0.1) is 0 Å². The maximum absolute atomic E-state index is 13.4. The van der Waals surface area contributed by atoms with Gasteiger partial charge in [0, 0.05) is 19.0 Å². The van der Waals surface area contributed by atoms with E-state index in [9.17, 15) is 23.2 Å². The summed E-state index contributed by atoms with van der Waals surface area (Å²) in [4.78, 5) is 36.3. The Labute approximate surface area is 184 Å². The topological polar surface area (TPSA) is 65.4 Å². The first kappa shape index (κ1) is 23.1. The maximum atomic E-state index is 13.4. The number of carbonyl (C=O) groups is 2. The van der Waals surface area contributed by atoms with Gasteiger partial charge in [0.05, 0.1) is 18.7 Å². The fraction of sp³-hybridized carbons (Fsp3) is 0.240. The molecule has 3 rings (SSSR count). The van der Waals surface area contributed by atoms with E-state index in [4.69, 9.17) is 4.74 Å². The predicted octanol–water partition coefficient (Wildman–Crippen LogP) is 4.35. The lowest BCUT2D eigenvalue weighted by atomic mass is 10.1. The number of rotatable bonds is 10. The van der Waals surface area contributed by atoms with Crippen LogP contribution in [0.2, 0.25) is 0 Å². The van der Waals surface area contributed by atoms with Crippen LogP contribution in [0.1, 0.15) is 41.3 Å². The molecule has 1 heterocycles. The number of aromatic nitrogens is 1. The van der Waals surface area contributed by atoms with Crippen LogP contribution >= 0.6 is 0 Å². The Bertz CT molecular complexity index is 1170. The minimum Gasteiger partial charge on any atom is -0.494 e. The number of Topliss-reactive ketones (excluding diaryl/α,β-unsaturated/α-hetero) is 2. The van der Waals surface area contributed by atoms with Gasteiger partial charge in [-0.1, -0.05) is 18.2 Å². The summed E-state index contributed by atoms with van der Waals surface area (Å²) < 4.78 is 33.4. The molecule has 0 saturated heterocycles. The molecule has 0 atom stereocenters. The number of pyridine rings is 1. The molecule has 1 aromatic heterocycles. The molecular weight excluding hydrogens is 416 g/mol. The molecule has 0 N–H and O–H groups in total. The molecule has 0 amide bonds. The van der Waals surface area contributed by atoms with Crippen LogP contribution in [0.5, 0.6) is 5.75 Å². The first-order valence-corrected chi connectivity index (χ1v) is 10.2. The molecule has 2 aromatic carbocycles. The third kappa shape index (κ3) is 6.20. The van der Waals surface area contributed by atoms with E-state index in [1.54, 1.807) is 18.2 Å². The highest BCUT2D eigenvalue weighted by atomic mass is 19.2. The molecule has 0 radical (unpaired) electrons. The summed E-state index contributed by atoms with van der Waals surface area (Å²) in [6.07, 6.45) is 2.43. The van der Waals surface area contributed by atoms with Gasteiger partial charge in [0.15, 0.2) is 17.4 Å². The summed E-state index contributed by atoms with van der Waals surface area (Å²) in [5.41, 5.74) is 0.884. The van der Waals surface area contributed by atoms with Gasteiger partial charge < -0.3 is 9.30 Å². The van der Waals surface area contributed by atoms with Crippen LogP contribution in [-0.2, 0) is 17.8 Å². The number of hydrogen-bond donors (Lipinski definition) is 0. The van der Waals surface area contributed by atoms with E-state index in [2.05, 4.69) is 0 Å². The number of benzene rings is 2.